The lowest BCUT2D eigenvalue weighted by atomic mass is 10.3. The SMILES string of the molecule is CSc1nc(C(=O)OCC(=O)Nc2c(F)cc(F)cc2Br)c2ccccn12. The van der Waals surface area contributed by atoms with Gasteiger partial charge in [0.1, 0.15) is 5.82 Å². The first-order chi connectivity index (χ1) is 12.9. The Morgan fingerprint density at radius 1 is 1.33 bits per heavy atom. The number of hydrogen-bond donors (Lipinski definition) is 1. The molecule has 0 spiro atoms. The van der Waals surface area contributed by atoms with Crippen LogP contribution in [0, 0.1) is 11.6 Å². The standard InChI is InChI=1S/C17H12BrF2N3O3S/c1-27-17-22-15(12-4-2-3-5-23(12)17)16(25)26-8-13(24)21-14-10(18)6-9(19)7-11(14)20/h2-7H,8H2,1H3,(H,21,24). The minimum atomic E-state index is -0.953. The maximum absolute atomic E-state index is 13.7. The topological polar surface area (TPSA) is 72.7 Å². The summed E-state index contributed by atoms with van der Waals surface area (Å²) in [6.45, 7) is -0.650. The van der Waals surface area contributed by atoms with Gasteiger partial charge < -0.3 is 10.1 Å². The van der Waals surface area contributed by atoms with Crippen molar-refractivity contribution in [1.82, 2.24) is 9.38 Å². The fourth-order valence-corrected chi connectivity index (χ4v) is 3.39. The predicted molar refractivity (Wildman–Crippen MR) is 99.9 cm³/mol. The van der Waals surface area contributed by atoms with Gasteiger partial charge in [-0.3, -0.25) is 9.20 Å². The van der Waals surface area contributed by atoms with Gasteiger partial charge in [-0.2, -0.15) is 0 Å². The molecule has 0 fully saturated rings. The summed E-state index contributed by atoms with van der Waals surface area (Å²) in [6.07, 6.45) is 3.58. The molecule has 1 aromatic carbocycles. The largest absolute Gasteiger partial charge is 0.451 e. The summed E-state index contributed by atoms with van der Waals surface area (Å²) in [4.78, 5) is 28.5. The normalized spacial score (nSPS) is 10.8. The van der Waals surface area contributed by atoms with Crippen LogP contribution < -0.4 is 5.32 Å². The Kier molecular flexibility index (Phi) is 5.76. The maximum Gasteiger partial charge on any atom is 0.359 e. The number of amides is 1. The summed E-state index contributed by atoms with van der Waals surface area (Å²) in [5, 5.41) is 2.83. The van der Waals surface area contributed by atoms with Crippen molar-refractivity contribution in [1.29, 1.82) is 0 Å². The number of carbonyl (C=O) groups excluding carboxylic acids is 2. The third-order valence-corrected chi connectivity index (χ3v) is 4.78. The van der Waals surface area contributed by atoms with E-state index >= 15 is 0 Å². The number of anilines is 1. The highest BCUT2D eigenvalue weighted by molar-refractivity contribution is 9.10. The highest BCUT2D eigenvalue weighted by atomic mass is 79.9. The molecule has 27 heavy (non-hydrogen) atoms. The summed E-state index contributed by atoms with van der Waals surface area (Å²) in [7, 11) is 0. The van der Waals surface area contributed by atoms with E-state index in [2.05, 4.69) is 26.2 Å². The zero-order valence-corrected chi connectivity index (χ0v) is 16.2. The second-order valence-electron chi connectivity index (χ2n) is 5.27. The molecule has 0 atom stereocenters. The van der Waals surface area contributed by atoms with Crippen molar-refractivity contribution in [2.75, 3.05) is 18.2 Å². The summed E-state index contributed by atoms with van der Waals surface area (Å²) < 4.78 is 33.6. The van der Waals surface area contributed by atoms with E-state index in [0.717, 1.165) is 6.07 Å². The smallest absolute Gasteiger partial charge is 0.359 e. The Balaban J connectivity index is 1.70. The molecule has 2 heterocycles. The zero-order valence-electron chi connectivity index (χ0n) is 13.8. The third kappa shape index (κ3) is 4.11. The van der Waals surface area contributed by atoms with Gasteiger partial charge in [-0.05, 0) is 40.4 Å². The molecule has 0 radical (unpaired) electrons. The lowest BCUT2D eigenvalue weighted by Crippen LogP contribution is -2.22. The van der Waals surface area contributed by atoms with Crippen LogP contribution in [0.5, 0.6) is 0 Å². The fourth-order valence-electron chi connectivity index (χ4n) is 2.34. The molecule has 0 unspecified atom stereocenters. The van der Waals surface area contributed by atoms with Gasteiger partial charge in [0.25, 0.3) is 5.91 Å². The van der Waals surface area contributed by atoms with E-state index in [9.17, 15) is 18.4 Å². The van der Waals surface area contributed by atoms with Crippen LogP contribution in [0.2, 0.25) is 0 Å². The first-order valence-electron chi connectivity index (χ1n) is 7.53. The molecule has 3 rings (SSSR count). The number of hydrogen-bond acceptors (Lipinski definition) is 5. The molecular weight excluding hydrogens is 444 g/mol. The molecule has 0 saturated carbocycles. The minimum Gasteiger partial charge on any atom is -0.451 e. The molecule has 1 amide bonds. The number of rotatable bonds is 5. The molecule has 0 saturated heterocycles. The Labute approximate surface area is 165 Å². The number of fused-ring (bicyclic) bond motifs is 1. The van der Waals surface area contributed by atoms with Crippen LogP contribution in [0.3, 0.4) is 0 Å². The third-order valence-electron chi connectivity index (χ3n) is 3.50. The monoisotopic (exact) mass is 455 g/mol. The van der Waals surface area contributed by atoms with Gasteiger partial charge in [0.2, 0.25) is 0 Å². The van der Waals surface area contributed by atoms with Crippen molar-refractivity contribution in [3.63, 3.8) is 0 Å². The number of nitrogens with one attached hydrogen (secondary N) is 1. The number of ether oxygens (including phenoxy) is 1. The average Bonchev–Trinajstić information content (AvgIpc) is 3.01. The summed E-state index contributed by atoms with van der Waals surface area (Å²) in [5.41, 5.74) is 0.371. The fraction of sp³-hybridized carbons (Fsp3) is 0.118. The molecular formula is C17H12BrF2N3O3S. The number of pyridine rings is 1. The molecule has 0 aliphatic carbocycles. The van der Waals surface area contributed by atoms with E-state index in [4.69, 9.17) is 4.74 Å². The molecule has 2 aromatic heterocycles. The number of carbonyl (C=O) groups is 2. The number of nitrogens with zero attached hydrogens (tertiary/aromatic N) is 2. The zero-order chi connectivity index (χ0) is 19.6. The van der Waals surface area contributed by atoms with Crippen molar-refractivity contribution in [2.24, 2.45) is 0 Å². The number of esters is 1. The molecule has 140 valence electrons. The Hall–Kier alpha value is -2.46. The van der Waals surface area contributed by atoms with Gasteiger partial charge >= 0.3 is 5.97 Å². The van der Waals surface area contributed by atoms with Crippen LogP contribution in [0.4, 0.5) is 14.5 Å². The van der Waals surface area contributed by atoms with Crippen LogP contribution in [0.25, 0.3) is 5.52 Å². The van der Waals surface area contributed by atoms with Crippen molar-refractivity contribution < 1.29 is 23.1 Å². The molecule has 0 bridgehead atoms. The van der Waals surface area contributed by atoms with Crippen LogP contribution >= 0.6 is 27.7 Å². The Morgan fingerprint density at radius 2 is 2.11 bits per heavy atom. The minimum absolute atomic E-state index is 0.0318. The number of thioether (sulfide) groups is 1. The molecule has 1 N–H and O–H groups in total. The van der Waals surface area contributed by atoms with Crippen molar-refractivity contribution in [2.45, 2.75) is 5.16 Å². The van der Waals surface area contributed by atoms with Crippen LogP contribution in [-0.2, 0) is 9.53 Å². The molecule has 6 nitrogen and oxygen atoms in total. The summed E-state index contributed by atoms with van der Waals surface area (Å²) in [5.74, 6) is -3.30. The first-order valence-corrected chi connectivity index (χ1v) is 9.55. The Bertz CT molecular complexity index is 1020. The number of benzene rings is 1. The van der Waals surface area contributed by atoms with E-state index in [1.165, 1.54) is 11.8 Å². The van der Waals surface area contributed by atoms with Crippen LogP contribution in [-0.4, -0.2) is 34.1 Å². The van der Waals surface area contributed by atoms with Gasteiger partial charge in [0.15, 0.2) is 23.3 Å². The predicted octanol–water partition coefficient (Wildman–Crippen LogP) is 3.89. The summed E-state index contributed by atoms with van der Waals surface area (Å²) >= 11 is 4.32. The molecule has 10 heteroatoms. The van der Waals surface area contributed by atoms with Gasteiger partial charge in [0.05, 0.1) is 11.2 Å². The van der Waals surface area contributed by atoms with Crippen molar-refractivity contribution in [3.05, 3.63) is 58.3 Å². The number of imidazole rings is 1. The maximum atomic E-state index is 13.7. The average molecular weight is 456 g/mol. The second kappa shape index (κ2) is 8.05. The lowest BCUT2D eigenvalue weighted by Gasteiger charge is -2.09. The van der Waals surface area contributed by atoms with E-state index in [1.807, 2.05) is 6.26 Å². The van der Waals surface area contributed by atoms with E-state index in [1.54, 1.807) is 28.8 Å². The first kappa shape index (κ1) is 19.3. The highest BCUT2D eigenvalue weighted by Gasteiger charge is 2.20. The number of halogens is 3. The number of aromatic nitrogens is 2. The Morgan fingerprint density at radius 3 is 2.81 bits per heavy atom. The van der Waals surface area contributed by atoms with Gasteiger partial charge in [-0.1, -0.05) is 17.8 Å². The highest BCUT2D eigenvalue weighted by Crippen LogP contribution is 2.27. The molecule has 0 aliphatic heterocycles. The molecule has 3 aromatic rings. The van der Waals surface area contributed by atoms with Crippen molar-refractivity contribution >= 4 is 50.8 Å². The van der Waals surface area contributed by atoms with Gasteiger partial charge in [-0.25, -0.2) is 18.6 Å². The quantitative estimate of drug-likeness (QED) is 0.466. The van der Waals surface area contributed by atoms with Crippen LogP contribution in [0.1, 0.15) is 10.5 Å². The lowest BCUT2D eigenvalue weighted by molar-refractivity contribution is -0.119. The van der Waals surface area contributed by atoms with Gasteiger partial charge in [0, 0.05) is 16.7 Å². The van der Waals surface area contributed by atoms with Gasteiger partial charge in [-0.15, -0.1) is 0 Å². The van der Waals surface area contributed by atoms with Crippen LogP contribution in [0.15, 0.2) is 46.2 Å². The van der Waals surface area contributed by atoms with E-state index in [-0.39, 0.29) is 15.9 Å². The molecule has 0 aliphatic rings. The van der Waals surface area contributed by atoms with E-state index < -0.39 is 30.1 Å². The second-order valence-corrected chi connectivity index (χ2v) is 6.90. The summed E-state index contributed by atoms with van der Waals surface area (Å²) in [6, 6.07) is 6.89. The van der Waals surface area contributed by atoms with Crippen molar-refractivity contribution in [3.8, 4) is 0 Å². The van der Waals surface area contributed by atoms with E-state index in [0.29, 0.717) is 16.7 Å².